The maximum Gasteiger partial charge on any atom is 0.346 e. The van der Waals surface area contributed by atoms with Gasteiger partial charge in [-0.2, -0.15) is 5.06 Å². The summed E-state index contributed by atoms with van der Waals surface area (Å²) in [6, 6.07) is 2.72. The van der Waals surface area contributed by atoms with Crippen molar-refractivity contribution in [2.24, 2.45) is 0 Å². The standard InChI is InChI=1S/C13H15FN2O4/c1-3-20-12(17)7-11-9-6-8(14)4-5-10(9)15-13(18)16(11)19-2/h4-6,11H,3,7H2,1-2H3,(H,15,18). The number of carbonyl (C=O) groups is 2. The zero-order valence-electron chi connectivity index (χ0n) is 11.2. The Labute approximate surface area is 115 Å². The predicted molar refractivity (Wildman–Crippen MR) is 68.3 cm³/mol. The summed E-state index contributed by atoms with van der Waals surface area (Å²) in [6.07, 6.45) is -0.106. The molecular formula is C13H15FN2O4. The summed E-state index contributed by atoms with van der Waals surface area (Å²) in [7, 11) is 1.31. The Balaban J connectivity index is 2.36. The fourth-order valence-corrected chi connectivity index (χ4v) is 2.14. The smallest absolute Gasteiger partial charge is 0.346 e. The summed E-state index contributed by atoms with van der Waals surface area (Å²) in [5, 5.41) is 3.57. The number of carbonyl (C=O) groups excluding carboxylic acids is 2. The maximum atomic E-state index is 13.4. The molecule has 1 aliphatic heterocycles. The number of ether oxygens (including phenoxy) is 1. The summed E-state index contributed by atoms with van der Waals surface area (Å²) < 4.78 is 18.3. The minimum atomic E-state index is -0.724. The fourth-order valence-electron chi connectivity index (χ4n) is 2.14. The van der Waals surface area contributed by atoms with Gasteiger partial charge >= 0.3 is 12.0 Å². The second-order valence-electron chi connectivity index (χ2n) is 4.20. The fraction of sp³-hybridized carbons (Fsp3) is 0.385. The Bertz CT molecular complexity index is 535. The Morgan fingerprint density at radius 2 is 2.25 bits per heavy atom. The number of esters is 1. The van der Waals surface area contributed by atoms with E-state index in [1.165, 1.54) is 25.3 Å². The molecule has 1 aliphatic rings. The van der Waals surface area contributed by atoms with Crippen LogP contribution < -0.4 is 5.32 Å². The quantitative estimate of drug-likeness (QED) is 0.860. The maximum absolute atomic E-state index is 13.4. The number of nitrogens with zero attached hydrogens (tertiary/aromatic N) is 1. The van der Waals surface area contributed by atoms with Crippen molar-refractivity contribution in [1.29, 1.82) is 0 Å². The zero-order chi connectivity index (χ0) is 14.7. The van der Waals surface area contributed by atoms with E-state index >= 15 is 0 Å². The molecule has 0 fully saturated rings. The Morgan fingerprint density at radius 3 is 2.90 bits per heavy atom. The lowest BCUT2D eigenvalue weighted by atomic mass is 9.99. The van der Waals surface area contributed by atoms with Crippen LogP contribution in [0.2, 0.25) is 0 Å². The number of nitrogens with one attached hydrogen (secondary N) is 1. The van der Waals surface area contributed by atoms with Gasteiger partial charge < -0.3 is 10.1 Å². The number of hydroxylamine groups is 2. The SMILES string of the molecule is CCOC(=O)CC1c2cc(F)ccc2NC(=O)N1OC. The highest BCUT2D eigenvalue weighted by molar-refractivity contribution is 5.93. The summed E-state index contributed by atoms with van der Waals surface area (Å²) in [5.74, 6) is -0.936. The molecule has 0 spiro atoms. The van der Waals surface area contributed by atoms with Crippen molar-refractivity contribution < 1.29 is 23.6 Å². The minimum absolute atomic E-state index is 0.106. The Kier molecular flexibility index (Phi) is 4.19. The molecule has 1 aromatic carbocycles. The largest absolute Gasteiger partial charge is 0.466 e. The van der Waals surface area contributed by atoms with Gasteiger partial charge in [-0.25, -0.2) is 9.18 Å². The average Bonchev–Trinajstić information content (AvgIpc) is 2.40. The van der Waals surface area contributed by atoms with Crippen LogP contribution in [0, 0.1) is 5.82 Å². The van der Waals surface area contributed by atoms with E-state index in [0.29, 0.717) is 11.3 Å². The van der Waals surface area contributed by atoms with E-state index in [-0.39, 0.29) is 13.0 Å². The molecule has 6 nitrogen and oxygen atoms in total. The van der Waals surface area contributed by atoms with Crippen LogP contribution in [0.4, 0.5) is 14.9 Å². The van der Waals surface area contributed by atoms with Crippen LogP contribution in [0.1, 0.15) is 24.9 Å². The highest BCUT2D eigenvalue weighted by Crippen LogP contribution is 2.35. The molecule has 1 aromatic rings. The van der Waals surface area contributed by atoms with E-state index in [9.17, 15) is 14.0 Å². The van der Waals surface area contributed by atoms with Crippen molar-refractivity contribution in [3.8, 4) is 0 Å². The van der Waals surface area contributed by atoms with Gasteiger partial charge in [-0.1, -0.05) is 0 Å². The van der Waals surface area contributed by atoms with Crippen LogP contribution in [0.3, 0.4) is 0 Å². The number of urea groups is 1. The van der Waals surface area contributed by atoms with Crippen molar-refractivity contribution in [3.05, 3.63) is 29.6 Å². The van der Waals surface area contributed by atoms with E-state index in [4.69, 9.17) is 9.57 Å². The van der Waals surface area contributed by atoms with Gasteiger partial charge in [0.15, 0.2) is 0 Å². The van der Waals surface area contributed by atoms with Crippen LogP contribution in [0.15, 0.2) is 18.2 Å². The molecule has 0 radical (unpaired) electrons. The Hall–Kier alpha value is -2.15. The lowest BCUT2D eigenvalue weighted by Crippen LogP contribution is -2.42. The molecule has 1 N–H and O–H groups in total. The van der Waals surface area contributed by atoms with E-state index in [1.807, 2.05) is 0 Å². The molecule has 20 heavy (non-hydrogen) atoms. The summed E-state index contributed by atoms with van der Waals surface area (Å²) in [4.78, 5) is 28.5. The van der Waals surface area contributed by atoms with Gasteiger partial charge in [-0.15, -0.1) is 0 Å². The first-order chi connectivity index (χ1) is 9.56. The van der Waals surface area contributed by atoms with Crippen molar-refractivity contribution in [2.75, 3.05) is 19.0 Å². The number of benzene rings is 1. The molecule has 0 aromatic heterocycles. The molecule has 0 saturated carbocycles. The Morgan fingerprint density at radius 1 is 1.50 bits per heavy atom. The summed E-state index contributed by atoms with van der Waals surface area (Å²) in [6.45, 7) is 1.92. The number of halogens is 1. The van der Waals surface area contributed by atoms with Gasteiger partial charge in [0.2, 0.25) is 0 Å². The average molecular weight is 282 g/mol. The monoisotopic (exact) mass is 282 g/mol. The molecular weight excluding hydrogens is 267 g/mol. The minimum Gasteiger partial charge on any atom is -0.466 e. The second kappa shape index (κ2) is 5.87. The van der Waals surface area contributed by atoms with E-state index < -0.39 is 23.9 Å². The van der Waals surface area contributed by atoms with Crippen molar-refractivity contribution in [2.45, 2.75) is 19.4 Å². The van der Waals surface area contributed by atoms with E-state index in [1.54, 1.807) is 6.92 Å². The lowest BCUT2D eigenvalue weighted by Gasteiger charge is -2.34. The van der Waals surface area contributed by atoms with Crippen molar-refractivity contribution in [3.63, 3.8) is 0 Å². The molecule has 0 saturated heterocycles. The van der Waals surface area contributed by atoms with Crippen LogP contribution in [-0.2, 0) is 14.4 Å². The number of rotatable bonds is 4. The molecule has 2 amide bonds. The molecule has 1 heterocycles. The molecule has 0 bridgehead atoms. The van der Waals surface area contributed by atoms with Crippen LogP contribution in [0.5, 0.6) is 0 Å². The van der Waals surface area contributed by atoms with Crippen LogP contribution >= 0.6 is 0 Å². The van der Waals surface area contributed by atoms with Gasteiger partial charge in [0.1, 0.15) is 5.82 Å². The number of fused-ring (bicyclic) bond motifs is 1. The summed E-state index contributed by atoms with van der Waals surface area (Å²) in [5.41, 5.74) is 0.929. The number of amides is 2. The van der Waals surface area contributed by atoms with Crippen molar-refractivity contribution >= 4 is 17.7 Å². The van der Waals surface area contributed by atoms with Gasteiger partial charge in [0, 0.05) is 11.3 Å². The van der Waals surface area contributed by atoms with Gasteiger partial charge in [-0.3, -0.25) is 9.63 Å². The third kappa shape index (κ3) is 2.72. The topological polar surface area (TPSA) is 67.9 Å². The predicted octanol–water partition coefficient (Wildman–Crippen LogP) is 2.23. The molecule has 0 aliphatic carbocycles. The van der Waals surface area contributed by atoms with Crippen molar-refractivity contribution in [1.82, 2.24) is 5.06 Å². The van der Waals surface area contributed by atoms with E-state index in [0.717, 1.165) is 5.06 Å². The van der Waals surface area contributed by atoms with E-state index in [2.05, 4.69) is 5.32 Å². The lowest BCUT2D eigenvalue weighted by molar-refractivity contribution is -0.153. The highest BCUT2D eigenvalue weighted by Gasteiger charge is 2.35. The van der Waals surface area contributed by atoms with Gasteiger partial charge in [-0.05, 0) is 25.1 Å². The van der Waals surface area contributed by atoms with Crippen LogP contribution in [-0.4, -0.2) is 30.8 Å². The third-order valence-corrected chi connectivity index (χ3v) is 2.96. The molecule has 2 rings (SSSR count). The first-order valence-electron chi connectivity index (χ1n) is 6.16. The molecule has 108 valence electrons. The first kappa shape index (κ1) is 14.3. The highest BCUT2D eigenvalue weighted by atomic mass is 19.1. The number of hydrogen-bond acceptors (Lipinski definition) is 4. The zero-order valence-corrected chi connectivity index (χ0v) is 11.2. The van der Waals surface area contributed by atoms with Gasteiger partial charge in [0.25, 0.3) is 0 Å². The first-order valence-corrected chi connectivity index (χ1v) is 6.16. The normalized spacial score (nSPS) is 17.4. The molecule has 1 atom stereocenters. The third-order valence-electron chi connectivity index (χ3n) is 2.96. The number of hydrogen-bond donors (Lipinski definition) is 1. The molecule has 7 heteroatoms. The van der Waals surface area contributed by atoms with Gasteiger partial charge in [0.05, 0.1) is 26.2 Å². The molecule has 1 unspecified atom stereocenters. The second-order valence-corrected chi connectivity index (χ2v) is 4.20. The number of anilines is 1. The summed E-state index contributed by atoms with van der Waals surface area (Å²) >= 11 is 0. The van der Waals surface area contributed by atoms with Crippen LogP contribution in [0.25, 0.3) is 0 Å².